The standard InChI is InChI=1S/C14H12F3N3O/c1-20(10-4-6-19-7-5-10)13(21)9-2-3-12(18)11(8-9)14(15,16)17/h2-8H,18H2,1H3. The fourth-order valence-electron chi connectivity index (χ4n) is 1.81. The molecule has 0 aliphatic carbocycles. The number of nitrogen functional groups attached to an aromatic ring is 1. The number of hydrogen-bond acceptors (Lipinski definition) is 3. The third-order valence-corrected chi connectivity index (χ3v) is 2.96. The van der Waals surface area contributed by atoms with Gasteiger partial charge in [0.2, 0.25) is 0 Å². The van der Waals surface area contributed by atoms with Gasteiger partial charge in [-0.1, -0.05) is 0 Å². The number of pyridine rings is 1. The molecule has 0 aliphatic heterocycles. The Bertz CT molecular complexity index is 656. The van der Waals surface area contributed by atoms with Gasteiger partial charge in [0.1, 0.15) is 0 Å². The number of carbonyl (C=O) groups excluding carboxylic acids is 1. The fourth-order valence-corrected chi connectivity index (χ4v) is 1.81. The average molecular weight is 295 g/mol. The van der Waals surface area contributed by atoms with Crippen LogP contribution in [0, 0.1) is 0 Å². The van der Waals surface area contributed by atoms with E-state index in [1.54, 1.807) is 12.1 Å². The Hall–Kier alpha value is -2.57. The summed E-state index contributed by atoms with van der Waals surface area (Å²) in [6.07, 6.45) is -1.62. The first-order valence-electron chi connectivity index (χ1n) is 5.95. The van der Waals surface area contributed by atoms with Crippen molar-refractivity contribution in [3.8, 4) is 0 Å². The molecule has 0 spiro atoms. The van der Waals surface area contributed by atoms with Gasteiger partial charge in [0, 0.05) is 36.4 Å². The minimum absolute atomic E-state index is 0.0872. The van der Waals surface area contributed by atoms with E-state index in [0.717, 1.165) is 12.1 Å². The molecule has 1 aromatic heterocycles. The molecule has 1 heterocycles. The molecule has 1 amide bonds. The molecule has 2 N–H and O–H groups in total. The van der Waals surface area contributed by atoms with Crippen LogP contribution in [0.5, 0.6) is 0 Å². The lowest BCUT2D eigenvalue weighted by molar-refractivity contribution is -0.136. The highest BCUT2D eigenvalue weighted by Crippen LogP contribution is 2.34. The zero-order valence-electron chi connectivity index (χ0n) is 11.1. The van der Waals surface area contributed by atoms with Crippen LogP contribution in [-0.2, 0) is 6.18 Å². The van der Waals surface area contributed by atoms with E-state index in [-0.39, 0.29) is 5.56 Å². The Kier molecular flexibility index (Phi) is 3.84. The molecule has 0 saturated heterocycles. The predicted molar refractivity (Wildman–Crippen MR) is 72.8 cm³/mol. The Morgan fingerprint density at radius 2 is 1.81 bits per heavy atom. The first kappa shape index (κ1) is 14.8. The zero-order valence-corrected chi connectivity index (χ0v) is 11.1. The number of nitrogens with two attached hydrogens (primary N) is 1. The summed E-state index contributed by atoms with van der Waals surface area (Å²) in [6.45, 7) is 0. The summed E-state index contributed by atoms with van der Waals surface area (Å²) in [5.74, 6) is -0.563. The normalized spacial score (nSPS) is 11.2. The van der Waals surface area contributed by atoms with Crippen molar-refractivity contribution in [1.82, 2.24) is 4.98 Å². The van der Waals surface area contributed by atoms with E-state index in [2.05, 4.69) is 4.98 Å². The maximum atomic E-state index is 12.8. The summed E-state index contributed by atoms with van der Waals surface area (Å²) in [5, 5.41) is 0. The number of rotatable bonds is 2. The molecule has 0 atom stereocenters. The highest BCUT2D eigenvalue weighted by Gasteiger charge is 2.33. The molecule has 0 unspecified atom stereocenters. The van der Waals surface area contributed by atoms with Crippen molar-refractivity contribution in [2.75, 3.05) is 17.7 Å². The molecule has 0 fully saturated rings. The van der Waals surface area contributed by atoms with Crippen LogP contribution in [0.3, 0.4) is 0 Å². The smallest absolute Gasteiger partial charge is 0.398 e. The molecule has 2 rings (SSSR count). The summed E-state index contributed by atoms with van der Waals surface area (Å²) in [5.41, 5.74) is 4.32. The van der Waals surface area contributed by atoms with Crippen LogP contribution < -0.4 is 10.6 Å². The van der Waals surface area contributed by atoms with Gasteiger partial charge < -0.3 is 10.6 Å². The fraction of sp³-hybridized carbons (Fsp3) is 0.143. The van der Waals surface area contributed by atoms with Crippen molar-refractivity contribution < 1.29 is 18.0 Å². The first-order valence-corrected chi connectivity index (χ1v) is 5.95. The summed E-state index contributed by atoms with van der Waals surface area (Å²) in [4.78, 5) is 17.3. The number of hydrogen-bond donors (Lipinski definition) is 1. The van der Waals surface area contributed by atoms with Crippen LogP contribution in [0.1, 0.15) is 15.9 Å². The molecule has 0 aliphatic rings. The van der Waals surface area contributed by atoms with Gasteiger partial charge in [-0.05, 0) is 30.3 Å². The van der Waals surface area contributed by atoms with Crippen molar-refractivity contribution in [3.05, 3.63) is 53.9 Å². The Morgan fingerprint density at radius 3 is 2.38 bits per heavy atom. The number of halogens is 3. The highest BCUT2D eigenvalue weighted by atomic mass is 19.4. The Morgan fingerprint density at radius 1 is 1.19 bits per heavy atom. The summed E-state index contributed by atoms with van der Waals surface area (Å²) in [6, 6.07) is 6.27. The molecule has 0 bridgehead atoms. The molecule has 0 radical (unpaired) electrons. The van der Waals surface area contributed by atoms with Crippen LogP contribution in [-0.4, -0.2) is 17.9 Å². The second-order valence-corrected chi connectivity index (χ2v) is 4.37. The summed E-state index contributed by atoms with van der Waals surface area (Å²) >= 11 is 0. The van der Waals surface area contributed by atoms with Gasteiger partial charge in [0.15, 0.2) is 0 Å². The summed E-state index contributed by atoms with van der Waals surface area (Å²) < 4.78 is 38.4. The molecule has 0 saturated carbocycles. The number of carbonyl (C=O) groups is 1. The van der Waals surface area contributed by atoms with E-state index < -0.39 is 23.3 Å². The quantitative estimate of drug-likeness (QED) is 0.867. The van der Waals surface area contributed by atoms with E-state index in [4.69, 9.17) is 5.73 Å². The first-order chi connectivity index (χ1) is 9.80. The third kappa shape index (κ3) is 3.13. The van der Waals surface area contributed by atoms with E-state index in [1.165, 1.54) is 30.4 Å². The Labute approximate surface area is 119 Å². The van der Waals surface area contributed by atoms with Gasteiger partial charge in [0.05, 0.1) is 5.56 Å². The van der Waals surface area contributed by atoms with Crippen molar-refractivity contribution in [2.24, 2.45) is 0 Å². The number of anilines is 2. The van der Waals surface area contributed by atoms with Crippen LogP contribution in [0.25, 0.3) is 0 Å². The van der Waals surface area contributed by atoms with Gasteiger partial charge in [-0.15, -0.1) is 0 Å². The largest absolute Gasteiger partial charge is 0.418 e. The van der Waals surface area contributed by atoms with Crippen molar-refractivity contribution in [3.63, 3.8) is 0 Å². The number of benzene rings is 1. The maximum Gasteiger partial charge on any atom is 0.418 e. The van der Waals surface area contributed by atoms with Gasteiger partial charge in [-0.2, -0.15) is 13.2 Å². The maximum absolute atomic E-state index is 12.8. The van der Waals surface area contributed by atoms with Crippen molar-refractivity contribution in [2.45, 2.75) is 6.18 Å². The number of amides is 1. The minimum atomic E-state index is -4.60. The van der Waals surface area contributed by atoms with Gasteiger partial charge in [-0.25, -0.2) is 0 Å². The molecule has 2 aromatic rings. The molecule has 110 valence electrons. The van der Waals surface area contributed by atoms with E-state index in [1.807, 2.05) is 0 Å². The van der Waals surface area contributed by atoms with Gasteiger partial charge in [0.25, 0.3) is 5.91 Å². The number of alkyl halides is 3. The van der Waals surface area contributed by atoms with Gasteiger partial charge >= 0.3 is 6.18 Å². The molecule has 4 nitrogen and oxygen atoms in total. The molecule has 1 aromatic carbocycles. The lowest BCUT2D eigenvalue weighted by atomic mass is 10.1. The van der Waals surface area contributed by atoms with E-state index >= 15 is 0 Å². The third-order valence-electron chi connectivity index (χ3n) is 2.96. The molecular weight excluding hydrogens is 283 g/mol. The average Bonchev–Trinajstić information content (AvgIpc) is 2.46. The monoisotopic (exact) mass is 295 g/mol. The summed E-state index contributed by atoms with van der Waals surface area (Å²) in [7, 11) is 1.47. The molecule has 7 heteroatoms. The lowest BCUT2D eigenvalue weighted by Crippen LogP contribution is -2.26. The van der Waals surface area contributed by atoms with Crippen LogP contribution in [0.4, 0.5) is 24.5 Å². The SMILES string of the molecule is CN(C(=O)c1ccc(N)c(C(F)(F)F)c1)c1ccncc1. The van der Waals surface area contributed by atoms with Crippen LogP contribution in [0.2, 0.25) is 0 Å². The highest BCUT2D eigenvalue weighted by molar-refractivity contribution is 6.06. The number of nitrogens with zero attached hydrogens (tertiary/aromatic N) is 2. The minimum Gasteiger partial charge on any atom is -0.398 e. The predicted octanol–water partition coefficient (Wildman–Crippen LogP) is 2.96. The van der Waals surface area contributed by atoms with Crippen molar-refractivity contribution >= 4 is 17.3 Å². The van der Waals surface area contributed by atoms with Crippen LogP contribution in [0.15, 0.2) is 42.7 Å². The second kappa shape index (κ2) is 5.43. The molecular formula is C14H12F3N3O. The zero-order chi connectivity index (χ0) is 15.6. The van der Waals surface area contributed by atoms with Crippen LogP contribution >= 0.6 is 0 Å². The topological polar surface area (TPSA) is 59.2 Å². The Balaban J connectivity index is 2.36. The number of aromatic nitrogens is 1. The molecule has 21 heavy (non-hydrogen) atoms. The van der Waals surface area contributed by atoms with E-state index in [0.29, 0.717) is 5.69 Å². The van der Waals surface area contributed by atoms with E-state index in [9.17, 15) is 18.0 Å². The van der Waals surface area contributed by atoms with Crippen molar-refractivity contribution in [1.29, 1.82) is 0 Å². The lowest BCUT2D eigenvalue weighted by Gasteiger charge is -2.18. The second-order valence-electron chi connectivity index (χ2n) is 4.37. The van der Waals surface area contributed by atoms with Gasteiger partial charge in [-0.3, -0.25) is 9.78 Å².